The summed E-state index contributed by atoms with van der Waals surface area (Å²) in [6.07, 6.45) is 2.05. The molecule has 0 aliphatic heterocycles. The molecule has 156 valence electrons. The van der Waals surface area contributed by atoms with E-state index in [4.69, 9.17) is 18.9 Å². The van der Waals surface area contributed by atoms with Gasteiger partial charge < -0.3 is 18.9 Å². The van der Waals surface area contributed by atoms with Gasteiger partial charge in [-0.15, -0.1) is 0 Å². The lowest BCUT2D eigenvalue weighted by atomic mass is 10.1. The Labute approximate surface area is 167 Å². The van der Waals surface area contributed by atoms with Crippen LogP contribution in [0.1, 0.15) is 47.1 Å². The molecule has 0 aliphatic rings. The van der Waals surface area contributed by atoms with Gasteiger partial charge in [0.1, 0.15) is 22.5 Å². The van der Waals surface area contributed by atoms with Crippen molar-refractivity contribution in [3.63, 3.8) is 0 Å². The largest absolute Gasteiger partial charge is 0.496 e. The smallest absolute Gasteiger partial charge is 0.345 e. The number of benzene rings is 1. The van der Waals surface area contributed by atoms with E-state index in [0.717, 1.165) is 11.3 Å². The number of carbonyl (C=O) groups excluding carboxylic acids is 2. The minimum atomic E-state index is -0.727. The highest BCUT2D eigenvalue weighted by Crippen LogP contribution is 2.18. The summed E-state index contributed by atoms with van der Waals surface area (Å²) in [6, 6.07) is 7.68. The minimum Gasteiger partial charge on any atom is -0.496 e. The van der Waals surface area contributed by atoms with Crippen molar-refractivity contribution >= 4 is 11.9 Å². The molecule has 1 rings (SSSR count). The third-order valence-electron chi connectivity index (χ3n) is 3.35. The number of hydrogen-bond donors (Lipinski definition) is 0. The molecule has 0 unspecified atom stereocenters. The molecule has 0 aromatic heterocycles. The average molecular weight is 392 g/mol. The Morgan fingerprint density at radius 2 is 1.46 bits per heavy atom. The van der Waals surface area contributed by atoms with Crippen molar-refractivity contribution in [2.45, 2.75) is 59.2 Å². The zero-order valence-electron chi connectivity index (χ0n) is 18.0. The molecule has 1 aromatic rings. The summed E-state index contributed by atoms with van der Waals surface area (Å²) >= 11 is 0. The molecule has 0 atom stereocenters. The molecule has 0 amide bonds. The average Bonchev–Trinajstić information content (AvgIpc) is 2.54. The first-order valence-corrected chi connectivity index (χ1v) is 9.29. The zero-order valence-corrected chi connectivity index (χ0v) is 18.0. The van der Waals surface area contributed by atoms with Crippen LogP contribution in [-0.2, 0) is 30.2 Å². The Morgan fingerprint density at radius 1 is 0.929 bits per heavy atom. The molecule has 0 heterocycles. The molecule has 0 N–H and O–H groups in total. The summed E-state index contributed by atoms with van der Waals surface area (Å²) in [5.41, 5.74) is -0.582. The molecule has 0 spiro atoms. The maximum absolute atomic E-state index is 12.4. The van der Waals surface area contributed by atoms with Gasteiger partial charge >= 0.3 is 11.9 Å². The van der Waals surface area contributed by atoms with E-state index < -0.39 is 23.1 Å². The Kier molecular flexibility index (Phi) is 8.69. The fourth-order valence-corrected chi connectivity index (χ4v) is 2.23. The number of ether oxygens (including phenoxy) is 4. The van der Waals surface area contributed by atoms with E-state index in [1.165, 1.54) is 6.08 Å². The fourth-order valence-electron chi connectivity index (χ4n) is 2.23. The molecule has 28 heavy (non-hydrogen) atoms. The molecule has 0 aliphatic carbocycles. The van der Waals surface area contributed by atoms with Crippen molar-refractivity contribution in [3.8, 4) is 5.75 Å². The van der Waals surface area contributed by atoms with Gasteiger partial charge in [-0.2, -0.15) is 0 Å². The highest BCUT2D eigenvalue weighted by molar-refractivity contribution is 6.14. The molecule has 0 saturated carbocycles. The van der Waals surface area contributed by atoms with E-state index in [0.29, 0.717) is 13.0 Å². The molecule has 6 heteroatoms. The summed E-state index contributed by atoms with van der Waals surface area (Å²) in [4.78, 5) is 24.8. The van der Waals surface area contributed by atoms with Gasteiger partial charge in [-0.1, -0.05) is 18.2 Å². The second kappa shape index (κ2) is 10.3. The van der Waals surface area contributed by atoms with E-state index in [9.17, 15) is 9.59 Å². The van der Waals surface area contributed by atoms with Gasteiger partial charge in [0.05, 0.1) is 20.3 Å². The molecular weight excluding hydrogens is 360 g/mol. The summed E-state index contributed by atoms with van der Waals surface area (Å²) in [5, 5.41) is 0. The molecule has 6 nitrogen and oxygen atoms in total. The summed E-state index contributed by atoms with van der Waals surface area (Å²) in [5.74, 6) is -0.657. The van der Waals surface area contributed by atoms with Crippen molar-refractivity contribution in [1.82, 2.24) is 0 Å². The Hall–Kier alpha value is -2.34. The second-order valence-corrected chi connectivity index (χ2v) is 8.26. The van der Waals surface area contributed by atoms with Gasteiger partial charge in [-0.25, -0.2) is 9.59 Å². The van der Waals surface area contributed by atoms with Crippen molar-refractivity contribution < 1.29 is 28.5 Å². The van der Waals surface area contributed by atoms with Gasteiger partial charge in [0.2, 0.25) is 0 Å². The second-order valence-electron chi connectivity index (χ2n) is 8.26. The minimum absolute atomic E-state index is 0.0863. The standard InChI is InChI=1S/C22H32O6/c1-21(2,3)27-19(23)17(20(24)28-22(4,5)6)13-15-26-14-12-16-10-8-9-11-18(16)25-7/h8-11,13H,12,14-15H2,1-7H3. The Morgan fingerprint density at radius 3 is 1.96 bits per heavy atom. The monoisotopic (exact) mass is 392 g/mol. The lowest BCUT2D eigenvalue weighted by Gasteiger charge is -2.23. The first kappa shape index (κ1) is 23.7. The van der Waals surface area contributed by atoms with Crippen LogP contribution in [0, 0.1) is 0 Å². The van der Waals surface area contributed by atoms with E-state index in [1.54, 1.807) is 48.7 Å². The number of para-hydroxylation sites is 1. The number of esters is 2. The van der Waals surface area contributed by atoms with Crippen LogP contribution in [0.2, 0.25) is 0 Å². The summed E-state index contributed by atoms with van der Waals surface area (Å²) in [6.45, 7) is 10.9. The van der Waals surface area contributed by atoms with E-state index >= 15 is 0 Å². The lowest BCUT2D eigenvalue weighted by molar-refractivity contribution is -0.158. The highest BCUT2D eigenvalue weighted by Gasteiger charge is 2.28. The summed E-state index contributed by atoms with van der Waals surface area (Å²) < 4.78 is 21.5. The van der Waals surface area contributed by atoms with Gasteiger partial charge in [0, 0.05) is 0 Å². The topological polar surface area (TPSA) is 71.1 Å². The Bertz CT molecular complexity index is 662. The van der Waals surface area contributed by atoms with Crippen molar-refractivity contribution in [3.05, 3.63) is 41.5 Å². The zero-order chi connectivity index (χ0) is 21.4. The predicted molar refractivity (Wildman–Crippen MR) is 107 cm³/mol. The molecule has 0 fully saturated rings. The van der Waals surface area contributed by atoms with E-state index in [-0.39, 0.29) is 12.2 Å². The molecule has 0 radical (unpaired) electrons. The van der Waals surface area contributed by atoms with Crippen molar-refractivity contribution in [2.24, 2.45) is 0 Å². The predicted octanol–water partition coefficient (Wildman–Crippen LogP) is 3.86. The Balaban J connectivity index is 2.74. The van der Waals surface area contributed by atoms with Gasteiger partial charge in [-0.05, 0) is 65.7 Å². The van der Waals surface area contributed by atoms with Crippen LogP contribution in [-0.4, -0.2) is 43.5 Å². The molecular formula is C22H32O6. The molecule has 1 aromatic carbocycles. The fraction of sp³-hybridized carbons (Fsp3) is 0.545. The van der Waals surface area contributed by atoms with Gasteiger partial charge in [0.15, 0.2) is 0 Å². The number of rotatable bonds is 8. The van der Waals surface area contributed by atoms with Crippen LogP contribution < -0.4 is 4.74 Å². The SMILES string of the molecule is COc1ccccc1CCOCC=C(C(=O)OC(C)(C)C)C(=O)OC(C)(C)C. The van der Waals surface area contributed by atoms with Crippen LogP contribution in [0.5, 0.6) is 5.75 Å². The third-order valence-corrected chi connectivity index (χ3v) is 3.35. The molecule has 0 saturated heterocycles. The maximum Gasteiger partial charge on any atom is 0.345 e. The third kappa shape index (κ3) is 9.04. The van der Waals surface area contributed by atoms with Gasteiger partial charge in [-0.3, -0.25) is 0 Å². The number of carbonyl (C=O) groups is 2. The number of hydrogen-bond acceptors (Lipinski definition) is 6. The van der Waals surface area contributed by atoms with Crippen LogP contribution in [0.15, 0.2) is 35.9 Å². The first-order valence-electron chi connectivity index (χ1n) is 9.29. The maximum atomic E-state index is 12.4. The van der Waals surface area contributed by atoms with Gasteiger partial charge in [0.25, 0.3) is 0 Å². The van der Waals surface area contributed by atoms with E-state index in [1.807, 2.05) is 24.3 Å². The number of methoxy groups -OCH3 is 1. The van der Waals surface area contributed by atoms with Crippen LogP contribution in [0.25, 0.3) is 0 Å². The highest BCUT2D eigenvalue weighted by atomic mass is 16.6. The lowest BCUT2D eigenvalue weighted by Crippen LogP contribution is -2.31. The quantitative estimate of drug-likeness (QED) is 0.220. The summed E-state index contributed by atoms with van der Waals surface area (Å²) in [7, 11) is 1.62. The van der Waals surface area contributed by atoms with Crippen molar-refractivity contribution in [1.29, 1.82) is 0 Å². The van der Waals surface area contributed by atoms with Crippen molar-refractivity contribution in [2.75, 3.05) is 20.3 Å². The van der Waals surface area contributed by atoms with Crippen LogP contribution in [0.3, 0.4) is 0 Å². The van der Waals surface area contributed by atoms with Crippen LogP contribution >= 0.6 is 0 Å². The molecule has 0 bridgehead atoms. The van der Waals surface area contributed by atoms with E-state index in [2.05, 4.69) is 0 Å². The normalized spacial score (nSPS) is 11.5. The van der Waals surface area contributed by atoms with Crippen LogP contribution in [0.4, 0.5) is 0 Å². The first-order chi connectivity index (χ1) is 12.9.